The number of carbonyl (C=O) groups is 2. The Kier molecular flexibility index (Phi) is 13.2. The molecule has 0 fully saturated rings. The van der Waals surface area contributed by atoms with Crippen molar-refractivity contribution in [3.63, 3.8) is 0 Å². The number of amides is 2. The van der Waals surface area contributed by atoms with E-state index >= 15 is 0 Å². The molecule has 3 aromatic rings. The Morgan fingerprint density at radius 2 is 2.00 bits per heavy atom. The minimum absolute atomic E-state index is 0.182. The van der Waals surface area contributed by atoms with E-state index in [4.69, 9.17) is 4.74 Å². The predicted molar refractivity (Wildman–Crippen MR) is 152 cm³/mol. The Bertz CT molecular complexity index is 1160. The van der Waals surface area contributed by atoms with E-state index in [1.54, 1.807) is 12.3 Å². The maximum atomic E-state index is 12.0. The van der Waals surface area contributed by atoms with Crippen molar-refractivity contribution in [2.24, 2.45) is 5.92 Å². The number of nitrogens with zero attached hydrogens (tertiary/aromatic N) is 2. The highest BCUT2D eigenvalue weighted by atomic mass is 32.2. The fraction of sp³-hybridized carbons (Fsp3) is 0.444. The van der Waals surface area contributed by atoms with Crippen molar-refractivity contribution in [3.05, 3.63) is 59.2 Å². The summed E-state index contributed by atoms with van der Waals surface area (Å²) in [5.74, 6) is 0.0535. The molecular weight excluding hydrogens is 508 g/mol. The maximum Gasteiger partial charge on any atom is 0.253 e. The van der Waals surface area contributed by atoms with Crippen LogP contribution in [0.5, 0.6) is 0 Å². The molecule has 2 unspecified atom stereocenters. The van der Waals surface area contributed by atoms with Gasteiger partial charge in [0.1, 0.15) is 11.0 Å². The molecule has 0 bridgehead atoms. The molecule has 8 nitrogen and oxygen atoms in total. The second-order valence-electron chi connectivity index (χ2n) is 8.74. The van der Waals surface area contributed by atoms with Crippen molar-refractivity contribution in [1.29, 1.82) is 0 Å². The molecule has 202 valence electrons. The van der Waals surface area contributed by atoms with Gasteiger partial charge in [-0.25, -0.2) is 9.19 Å². The average molecular weight is 547 g/mol. The van der Waals surface area contributed by atoms with Gasteiger partial charge in [-0.15, -0.1) is 11.3 Å². The molecule has 0 saturated heterocycles. The standard InChI is InChI=1S/C18H18N4O3S2.C9H20O/c1-12-4-3-5-13(8-12)15-11-26-18(20-15)21-16(23)9-19-17(24)14-6-7-22(10-14)27(2)25;1-4-7-10-8-6-9(3)5-2/h3-8,10-11H,9H2,1-2H3,(H,19,24)(H,20,21,23);9H,4-8H2,1-3H3. The molecule has 2 amide bonds. The first-order valence-corrected chi connectivity index (χ1v) is 14.8. The van der Waals surface area contributed by atoms with E-state index < -0.39 is 16.9 Å². The molecule has 0 saturated carbocycles. The highest BCUT2D eigenvalue weighted by Gasteiger charge is 2.12. The Morgan fingerprint density at radius 3 is 2.65 bits per heavy atom. The van der Waals surface area contributed by atoms with Gasteiger partial charge >= 0.3 is 0 Å². The van der Waals surface area contributed by atoms with E-state index in [0.717, 1.165) is 42.4 Å². The first-order chi connectivity index (χ1) is 17.7. The van der Waals surface area contributed by atoms with Crippen LogP contribution < -0.4 is 10.6 Å². The Morgan fingerprint density at radius 1 is 1.22 bits per heavy atom. The van der Waals surface area contributed by atoms with E-state index in [1.165, 1.54) is 40.6 Å². The first kappa shape index (κ1) is 30.4. The van der Waals surface area contributed by atoms with Gasteiger partial charge in [0.05, 0.1) is 17.8 Å². The van der Waals surface area contributed by atoms with Crippen molar-refractivity contribution in [3.8, 4) is 11.3 Å². The maximum absolute atomic E-state index is 12.0. The van der Waals surface area contributed by atoms with Crippen LogP contribution in [0.1, 0.15) is 56.0 Å². The van der Waals surface area contributed by atoms with Gasteiger partial charge in [-0.2, -0.15) is 0 Å². The van der Waals surface area contributed by atoms with Crippen LogP contribution in [0.4, 0.5) is 5.13 Å². The number of benzene rings is 1. The summed E-state index contributed by atoms with van der Waals surface area (Å²) in [6.45, 7) is 10.3. The summed E-state index contributed by atoms with van der Waals surface area (Å²) in [6, 6.07) is 9.50. The third-order valence-electron chi connectivity index (χ3n) is 5.50. The molecule has 2 aromatic heterocycles. The average Bonchev–Trinajstić information content (AvgIpc) is 3.56. The van der Waals surface area contributed by atoms with Gasteiger partial charge in [0.25, 0.3) is 5.91 Å². The van der Waals surface area contributed by atoms with Crippen LogP contribution in [0.15, 0.2) is 48.1 Å². The third-order valence-corrected chi connectivity index (χ3v) is 7.08. The molecule has 0 aliphatic rings. The van der Waals surface area contributed by atoms with E-state index in [9.17, 15) is 13.8 Å². The molecule has 2 atom stereocenters. The van der Waals surface area contributed by atoms with Gasteiger partial charge in [0, 0.05) is 42.8 Å². The minimum atomic E-state index is -1.23. The second-order valence-corrected chi connectivity index (χ2v) is 10.9. The lowest BCUT2D eigenvalue weighted by molar-refractivity contribution is -0.115. The van der Waals surface area contributed by atoms with E-state index in [0.29, 0.717) is 10.7 Å². The molecule has 3 rings (SSSR count). The number of aromatic nitrogens is 2. The number of hydrogen-bond donors (Lipinski definition) is 2. The van der Waals surface area contributed by atoms with Crippen molar-refractivity contribution < 1.29 is 18.5 Å². The molecule has 2 N–H and O–H groups in total. The second kappa shape index (κ2) is 16.1. The van der Waals surface area contributed by atoms with E-state index in [-0.39, 0.29) is 12.5 Å². The topological polar surface area (TPSA) is 102 Å². The fourth-order valence-electron chi connectivity index (χ4n) is 3.10. The van der Waals surface area contributed by atoms with Gasteiger partial charge in [0.15, 0.2) is 5.13 Å². The van der Waals surface area contributed by atoms with Gasteiger partial charge in [-0.05, 0) is 37.8 Å². The van der Waals surface area contributed by atoms with Crippen LogP contribution in [-0.2, 0) is 20.5 Å². The van der Waals surface area contributed by atoms with Crippen LogP contribution in [0.2, 0.25) is 0 Å². The normalized spacial score (nSPS) is 12.2. The lowest BCUT2D eigenvalue weighted by Crippen LogP contribution is -2.32. The van der Waals surface area contributed by atoms with Crippen LogP contribution >= 0.6 is 11.3 Å². The molecule has 2 heterocycles. The molecule has 0 radical (unpaired) electrons. The highest BCUT2D eigenvalue weighted by molar-refractivity contribution is 7.82. The van der Waals surface area contributed by atoms with Crippen molar-refractivity contribution in [2.75, 3.05) is 31.3 Å². The zero-order valence-corrected chi connectivity index (χ0v) is 23.9. The zero-order valence-electron chi connectivity index (χ0n) is 22.3. The van der Waals surface area contributed by atoms with Crippen molar-refractivity contribution in [2.45, 2.75) is 47.0 Å². The summed E-state index contributed by atoms with van der Waals surface area (Å²) in [5, 5.41) is 7.55. The number of thiazole rings is 1. The molecule has 0 spiro atoms. The molecular formula is C27H38N4O4S2. The molecule has 0 aliphatic carbocycles. The lowest BCUT2D eigenvalue weighted by atomic mass is 10.1. The van der Waals surface area contributed by atoms with Crippen LogP contribution in [0, 0.1) is 12.8 Å². The van der Waals surface area contributed by atoms with Crippen LogP contribution in [-0.4, -0.2) is 51.0 Å². The Labute approximate surface area is 226 Å². The fourth-order valence-corrected chi connectivity index (χ4v) is 4.33. The van der Waals surface area contributed by atoms with Gasteiger partial charge in [0.2, 0.25) is 5.91 Å². The van der Waals surface area contributed by atoms with E-state index in [2.05, 4.69) is 36.4 Å². The zero-order chi connectivity index (χ0) is 27.2. The number of rotatable bonds is 12. The lowest BCUT2D eigenvalue weighted by Gasteiger charge is -2.07. The number of aryl methyl sites for hydroxylation is 1. The monoisotopic (exact) mass is 546 g/mol. The summed E-state index contributed by atoms with van der Waals surface area (Å²) in [6.07, 6.45) is 8.16. The summed E-state index contributed by atoms with van der Waals surface area (Å²) < 4.78 is 18.1. The summed E-state index contributed by atoms with van der Waals surface area (Å²) in [7, 11) is -1.23. The Hall–Kier alpha value is -2.82. The largest absolute Gasteiger partial charge is 0.381 e. The molecule has 1 aromatic carbocycles. The number of hydrogen-bond acceptors (Lipinski definition) is 6. The van der Waals surface area contributed by atoms with Crippen LogP contribution in [0.25, 0.3) is 11.3 Å². The predicted octanol–water partition coefficient (Wildman–Crippen LogP) is 5.28. The molecule has 0 aliphatic heterocycles. The van der Waals surface area contributed by atoms with Crippen molar-refractivity contribution >= 4 is 39.3 Å². The molecule has 37 heavy (non-hydrogen) atoms. The number of anilines is 1. The minimum Gasteiger partial charge on any atom is -0.381 e. The summed E-state index contributed by atoms with van der Waals surface area (Å²) in [4.78, 5) is 28.5. The number of ether oxygens (including phenoxy) is 1. The van der Waals surface area contributed by atoms with Gasteiger partial charge < -0.3 is 15.4 Å². The van der Waals surface area contributed by atoms with Gasteiger partial charge in [-0.1, -0.05) is 51.0 Å². The molecule has 10 heteroatoms. The SMILES string of the molecule is CCCOCCC(C)CC.Cc1cccc(-c2csc(NC(=O)CNC(=O)c3ccn(S(C)=O)c3)n2)c1. The van der Waals surface area contributed by atoms with Crippen molar-refractivity contribution in [1.82, 2.24) is 14.3 Å². The smallest absolute Gasteiger partial charge is 0.253 e. The first-order valence-electron chi connectivity index (χ1n) is 12.4. The van der Waals surface area contributed by atoms with E-state index in [1.807, 2.05) is 36.6 Å². The number of nitrogens with one attached hydrogen (secondary N) is 2. The summed E-state index contributed by atoms with van der Waals surface area (Å²) in [5.41, 5.74) is 3.25. The number of carbonyl (C=O) groups excluding carboxylic acids is 2. The quantitative estimate of drug-likeness (QED) is 0.301. The third kappa shape index (κ3) is 11.0. The Balaban J connectivity index is 0.000000410. The summed E-state index contributed by atoms with van der Waals surface area (Å²) >= 11 is 1.32. The van der Waals surface area contributed by atoms with Crippen LogP contribution in [0.3, 0.4) is 0 Å². The van der Waals surface area contributed by atoms with Gasteiger partial charge in [-0.3, -0.25) is 13.6 Å². The highest BCUT2D eigenvalue weighted by Crippen LogP contribution is 2.25.